The van der Waals surface area contributed by atoms with Crippen LogP contribution in [-0.4, -0.2) is 0 Å². The van der Waals surface area contributed by atoms with Gasteiger partial charge in [0.15, 0.2) is 0 Å². The van der Waals surface area contributed by atoms with Crippen LogP contribution in [0.2, 0.25) is 0 Å². The Morgan fingerprint density at radius 2 is 1.31 bits per heavy atom. The molecule has 2 atom stereocenters. The monoisotopic (exact) mass is 184 g/mol. The molecule has 0 saturated heterocycles. The highest BCUT2D eigenvalue weighted by atomic mass is 14.4. The molecule has 80 valence electrons. The van der Waals surface area contributed by atoms with Gasteiger partial charge in [0.1, 0.15) is 0 Å². The van der Waals surface area contributed by atoms with E-state index in [0.717, 1.165) is 11.8 Å². The molecule has 0 aromatic rings. The molecule has 0 N–H and O–H groups in total. The summed E-state index contributed by atoms with van der Waals surface area (Å²) in [5.41, 5.74) is 0.818. The zero-order valence-electron chi connectivity index (χ0n) is 10.9. The van der Waals surface area contributed by atoms with E-state index in [1.165, 1.54) is 6.42 Å². The standard InChI is InChI=1S/C13H28/c1-9-10(2)11(3)13(7,8)12(4,5)6/h10-11H,9H2,1-8H3. The van der Waals surface area contributed by atoms with Gasteiger partial charge in [-0.2, -0.15) is 0 Å². The van der Waals surface area contributed by atoms with Crippen molar-refractivity contribution in [2.75, 3.05) is 0 Å². The molecule has 2 unspecified atom stereocenters. The highest BCUT2D eigenvalue weighted by molar-refractivity contribution is 4.88. The van der Waals surface area contributed by atoms with Gasteiger partial charge in [-0.15, -0.1) is 0 Å². The van der Waals surface area contributed by atoms with Crippen LogP contribution in [0.1, 0.15) is 61.8 Å². The second kappa shape index (κ2) is 4.02. The fraction of sp³-hybridized carbons (Fsp3) is 1.00. The normalized spacial score (nSPS) is 18.5. The number of rotatable bonds is 3. The minimum Gasteiger partial charge on any atom is -0.0651 e. The maximum Gasteiger partial charge on any atom is -0.0277 e. The Morgan fingerprint density at radius 3 is 1.54 bits per heavy atom. The van der Waals surface area contributed by atoms with Crippen molar-refractivity contribution in [3.05, 3.63) is 0 Å². The van der Waals surface area contributed by atoms with E-state index < -0.39 is 0 Å². The van der Waals surface area contributed by atoms with Crippen molar-refractivity contribution in [1.82, 2.24) is 0 Å². The van der Waals surface area contributed by atoms with Gasteiger partial charge in [0.25, 0.3) is 0 Å². The summed E-state index contributed by atoms with van der Waals surface area (Å²) >= 11 is 0. The van der Waals surface area contributed by atoms with Gasteiger partial charge >= 0.3 is 0 Å². The Labute approximate surface area is 85.1 Å². The molecule has 0 fully saturated rings. The van der Waals surface area contributed by atoms with Crippen molar-refractivity contribution < 1.29 is 0 Å². The molecule has 0 aromatic carbocycles. The van der Waals surface area contributed by atoms with Crippen molar-refractivity contribution in [2.24, 2.45) is 22.7 Å². The van der Waals surface area contributed by atoms with Crippen LogP contribution in [0.4, 0.5) is 0 Å². The summed E-state index contributed by atoms with van der Waals surface area (Å²) in [4.78, 5) is 0. The zero-order valence-corrected chi connectivity index (χ0v) is 10.9. The van der Waals surface area contributed by atoms with Gasteiger partial charge in [-0.25, -0.2) is 0 Å². The quantitative estimate of drug-likeness (QED) is 0.594. The molecule has 0 spiro atoms. The highest BCUT2D eigenvalue weighted by Crippen LogP contribution is 2.47. The molecule has 0 bridgehead atoms. The Balaban J connectivity index is 4.63. The fourth-order valence-corrected chi connectivity index (χ4v) is 1.75. The van der Waals surface area contributed by atoms with E-state index in [2.05, 4.69) is 55.4 Å². The molecule has 0 amide bonds. The summed E-state index contributed by atoms with van der Waals surface area (Å²) in [6.07, 6.45) is 1.29. The molecule has 0 aliphatic rings. The van der Waals surface area contributed by atoms with Crippen LogP contribution in [0.5, 0.6) is 0 Å². The van der Waals surface area contributed by atoms with Gasteiger partial charge < -0.3 is 0 Å². The van der Waals surface area contributed by atoms with Crippen LogP contribution >= 0.6 is 0 Å². The summed E-state index contributed by atoms with van der Waals surface area (Å²) in [5.74, 6) is 1.62. The number of hydrogen-bond acceptors (Lipinski definition) is 0. The van der Waals surface area contributed by atoms with Gasteiger partial charge in [0.05, 0.1) is 0 Å². The van der Waals surface area contributed by atoms with Crippen LogP contribution < -0.4 is 0 Å². The first-order valence-electron chi connectivity index (χ1n) is 5.64. The Bertz CT molecular complexity index is 148. The molecule has 0 heterocycles. The lowest BCUT2D eigenvalue weighted by Gasteiger charge is -2.46. The molecule has 0 radical (unpaired) electrons. The first-order chi connectivity index (χ1) is 5.64. The van der Waals surface area contributed by atoms with E-state index >= 15 is 0 Å². The topological polar surface area (TPSA) is 0 Å². The number of hydrogen-bond donors (Lipinski definition) is 0. The molecular weight excluding hydrogens is 156 g/mol. The van der Waals surface area contributed by atoms with Gasteiger partial charge in [0, 0.05) is 0 Å². The van der Waals surface area contributed by atoms with Crippen molar-refractivity contribution in [2.45, 2.75) is 61.8 Å². The predicted molar refractivity (Wildman–Crippen MR) is 61.9 cm³/mol. The van der Waals surface area contributed by atoms with Crippen molar-refractivity contribution in [1.29, 1.82) is 0 Å². The molecule has 0 nitrogen and oxygen atoms in total. The van der Waals surface area contributed by atoms with Gasteiger partial charge in [-0.05, 0) is 22.7 Å². The first-order valence-corrected chi connectivity index (χ1v) is 5.64. The predicted octanol–water partition coefficient (Wildman–Crippen LogP) is 4.74. The van der Waals surface area contributed by atoms with Crippen LogP contribution in [0.3, 0.4) is 0 Å². The SMILES string of the molecule is CCC(C)C(C)C(C)(C)C(C)(C)C. The summed E-state index contributed by atoms with van der Waals surface area (Å²) in [6.45, 7) is 18.9. The second-order valence-corrected chi connectivity index (χ2v) is 6.15. The van der Waals surface area contributed by atoms with Crippen LogP contribution in [0, 0.1) is 22.7 Å². The van der Waals surface area contributed by atoms with Crippen molar-refractivity contribution >= 4 is 0 Å². The molecule has 0 heteroatoms. The molecule has 13 heavy (non-hydrogen) atoms. The lowest BCUT2D eigenvalue weighted by atomic mass is 9.59. The minimum atomic E-state index is 0.399. The lowest BCUT2D eigenvalue weighted by Crippen LogP contribution is -2.38. The summed E-state index contributed by atoms with van der Waals surface area (Å²) in [7, 11) is 0. The summed E-state index contributed by atoms with van der Waals surface area (Å²) < 4.78 is 0. The second-order valence-electron chi connectivity index (χ2n) is 6.15. The van der Waals surface area contributed by atoms with Gasteiger partial charge in [0.2, 0.25) is 0 Å². The average Bonchev–Trinajstić information content (AvgIpc) is 1.99. The molecule has 0 saturated carbocycles. The van der Waals surface area contributed by atoms with Crippen LogP contribution in [0.25, 0.3) is 0 Å². The zero-order chi connectivity index (χ0) is 10.9. The van der Waals surface area contributed by atoms with E-state index in [1.807, 2.05) is 0 Å². The fourth-order valence-electron chi connectivity index (χ4n) is 1.75. The van der Waals surface area contributed by atoms with Crippen LogP contribution in [0.15, 0.2) is 0 Å². The van der Waals surface area contributed by atoms with E-state index in [9.17, 15) is 0 Å². The Hall–Kier alpha value is 0. The van der Waals surface area contributed by atoms with E-state index in [0.29, 0.717) is 10.8 Å². The third-order valence-electron chi connectivity index (χ3n) is 4.57. The van der Waals surface area contributed by atoms with Crippen molar-refractivity contribution in [3.8, 4) is 0 Å². The maximum atomic E-state index is 2.41. The lowest BCUT2D eigenvalue weighted by molar-refractivity contribution is 0.0334. The Kier molecular flexibility index (Phi) is 4.02. The van der Waals surface area contributed by atoms with E-state index in [-0.39, 0.29) is 0 Å². The Morgan fingerprint density at radius 1 is 0.923 bits per heavy atom. The van der Waals surface area contributed by atoms with E-state index in [4.69, 9.17) is 0 Å². The third-order valence-corrected chi connectivity index (χ3v) is 4.57. The molecule has 0 aliphatic heterocycles. The van der Waals surface area contributed by atoms with Crippen molar-refractivity contribution in [3.63, 3.8) is 0 Å². The first kappa shape index (κ1) is 13.0. The summed E-state index contributed by atoms with van der Waals surface area (Å²) in [5, 5.41) is 0. The largest absolute Gasteiger partial charge is 0.0651 e. The van der Waals surface area contributed by atoms with E-state index in [1.54, 1.807) is 0 Å². The molecule has 0 aromatic heterocycles. The average molecular weight is 184 g/mol. The van der Waals surface area contributed by atoms with Gasteiger partial charge in [-0.3, -0.25) is 0 Å². The third kappa shape index (κ3) is 2.72. The molecule has 0 aliphatic carbocycles. The molecule has 0 rings (SSSR count). The highest BCUT2D eigenvalue weighted by Gasteiger charge is 2.39. The van der Waals surface area contributed by atoms with Crippen LogP contribution in [-0.2, 0) is 0 Å². The molecular formula is C13H28. The minimum absolute atomic E-state index is 0.399. The smallest absolute Gasteiger partial charge is 0.0277 e. The summed E-state index contributed by atoms with van der Waals surface area (Å²) in [6, 6.07) is 0. The van der Waals surface area contributed by atoms with Gasteiger partial charge in [-0.1, -0.05) is 61.8 Å². The maximum absolute atomic E-state index is 2.41.